The Labute approximate surface area is 128 Å². The van der Waals surface area contributed by atoms with Crippen molar-refractivity contribution < 1.29 is 14.6 Å². The molecule has 0 saturated heterocycles. The second kappa shape index (κ2) is 7.45. The number of carbonyl (C=O) groups excluding carboxylic acids is 1. The molecule has 0 aliphatic heterocycles. The van der Waals surface area contributed by atoms with Gasteiger partial charge in [-0.05, 0) is 33.1 Å². The Morgan fingerprint density at radius 3 is 2.62 bits per heavy atom. The fraction of sp³-hybridized carbons (Fsp3) is 0.938. The lowest BCUT2D eigenvalue weighted by Crippen LogP contribution is -2.66. The van der Waals surface area contributed by atoms with Crippen LogP contribution in [0.5, 0.6) is 0 Å². The molecule has 0 aromatic heterocycles. The van der Waals surface area contributed by atoms with E-state index in [9.17, 15) is 4.79 Å². The number of hydrogen-bond acceptors (Lipinski definition) is 3. The van der Waals surface area contributed by atoms with Gasteiger partial charge < -0.3 is 20.1 Å². The molecule has 2 saturated carbocycles. The number of urea groups is 1. The van der Waals surface area contributed by atoms with E-state index in [-0.39, 0.29) is 24.1 Å². The summed E-state index contributed by atoms with van der Waals surface area (Å²) in [7, 11) is 0. The Balaban J connectivity index is 1.97. The highest BCUT2D eigenvalue weighted by molar-refractivity contribution is 5.74. The van der Waals surface area contributed by atoms with Crippen molar-refractivity contribution in [2.45, 2.75) is 64.5 Å². The Morgan fingerprint density at radius 2 is 2.05 bits per heavy atom. The molecule has 2 rings (SSSR count). The van der Waals surface area contributed by atoms with E-state index in [2.05, 4.69) is 5.32 Å². The van der Waals surface area contributed by atoms with Gasteiger partial charge in [0.1, 0.15) is 0 Å². The van der Waals surface area contributed by atoms with Crippen molar-refractivity contribution in [2.24, 2.45) is 5.41 Å². The molecule has 2 fully saturated rings. The van der Waals surface area contributed by atoms with Crippen LogP contribution in [0.3, 0.4) is 0 Å². The van der Waals surface area contributed by atoms with E-state index < -0.39 is 0 Å². The summed E-state index contributed by atoms with van der Waals surface area (Å²) >= 11 is 0. The number of ether oxygens (including phenoxy) is 1. The minimum Gasteiger partial charge on any atom is -0.395 e. The third-order valence-electron chi connectivity index (χ3n) is 5.27. The molecule has 1 spiro atoms. The fourth-order valence-corrected chi connectivity index (χ4v) is 4.03. The lowest BCUT2D eigenvalue weighted by atomic mass is 9.55. The minimum atomic E-state index is -0.0450. The monoisotopic (exact) mass is 298 g/mol. The molecule has 0 radical (unpaired) electrons. The summed E-state index contributed by atoms with van der Waals surface area (Å²) in [4.78, 5) is 14.0. The van der Waals surface area contributed by atoms with Crippen molar-refractivity contribution in [3.63, 3.8) is 0 Å². The van der Waals surface area contributed by atoms with Crippen LogP contribution in [-0.4, -0.2) is 54.5 Å². The van der Waals surface area contributed by atoms with E-state index in [1.165, 1.54) is 19.3 Å². The van der Waals surface area contributed by atoms with Crippen LogP contribution in [0, 0.1) is 5.41 Å². The number of nitrogens with one attached hydrogen (secondary N) is 1. The van der Waals surface area contributed by atoms with Gasteiger partial charge in [0.25, 0.3) is 0 Å². The lowest BCUT2D eigenvalue weighted by Gasteiger charge is -2.57. The zero-order valence-corrected chi connectivity index (χ0v) is 13.4. The van der Waals surface area contributed by atoms with Crippen LogP contribution >= 0.6 is 0 Å². The maximum atomic E-state index is 12.3. The van der Waals surface area contributed by atoms with Gasteiger partial charge >= 0.3 is 6.03 Å². The third kappa shape index (κ3) is 3.34. The number of nitrogens with zero attached hydrogens (tertiary/aromatic N) is 1. The summed E-state index contributed by atoms with van der Waals surface area (Å²) in [5.74, 6) is 0. The molecule has 2 amide bonds. The van der Waals surface area contributed by atoms with E-state index >= 15 is 0 Å². The predicted octanol–water partition coefficient (Wildman–Crippen LogP) is 2.14. The number of aliphatic hydroxyl groups is 1. The molecular weight excluding hydrogens is 268 g/mol. The molecule has 2 unspecified atom stereocenters. The van der Waals surface area contributed by atoms with Gasteiger partial charge in [0.05, 0.1) is 12.7 Å². The molecule has 2 aliphatic carbocycles. The standard InChI is InChI=1S/C16H30N2O3/c1-3-18(10-11-19)15(20)17-13-12-14(21-4-2)16(13)8-6-5-7-9-16/h13-14,19H,3-12H2,1-2H3,(H,17,20). The molecule has 0 aromatic rings. The highest BCUT2D eigenvalue weighted by atomic mass is 16.5. The molecule has 2 aliphatic rings. The highest BCUT2D eigenvalue weighted by Crippen LogP contribution is 2.53. The zero-order chi connectivity index (χ0) is 15.3. The zero-order valence-electron chi connectivity index (χ0n) is 13.4. The van der Waals surface area contributed by atoms with E-state index in [1.54, 1.807) is 4.90 Å². The number of amides is 2. The second-order valence-electron chi connectivity index (χ2n) is 6.28. The molecule has 2 atom stereocenters. The van der Waals surface area contributed by atoms with Gasteiger partial charge in [0.15, 0.2) is 0 Å². The second-order valence-corrected chi connectivity index (χ2v) is 6.28. The van der Waals surface area contributed by atoms with Gasteiger partial charge in [-0.25, -0.2) is 4.79 Å². The Kier molecular flexibility index (Phi) is 5.88. The Hall–Kier alpha value is -0.810. The van der Waals surface area contributed by atoms with Crippen LogP contribution in [0.25, 0.3) is 0 Å². The van der Waals surface area contributed by atoms with E-state index in [4.69, 9.17) is 9.84 Å². The lowest BCUT2D eigenvalue weighted by molar-refractivity contribution is -0.147. The normalized spacial score (nSPS) is 27.2. The van der Waals surface area contributed by atoms with E-state index in [0.29, 0.717) is 19.2 Å². The predicted molar refractivity (Wildman–Crippen MR) is 82.2 cm³/mol. The molecule has 5 heteroatoms. The van der Waals surface area contributed by atoms with Crippen molar-refractivity contribution in [3.8, 4) is 0 Å². The molecule has 2 N–H and O–H groups in total. The van der Waals surface area contributed by atoms with Crippen LogP contribution < -0.4 is 5.32 Å². The molecule has 0 heterocycles. The summed E-state index contributed by atoms with van der Waals surface area (Å²) in [6.45, 7) is 5.77. The van der Waals surface area contributed by atoms with Crippen LogP contribution in [0.15, 0.2) is 0 Å². The number of rotatable bonds is 6. The summed E-state index contributed by atoms with van der Waals surface area (Å²) in [5, 5.41) is 12.2. The first-order chi connectivity index (χ1) is 10.2. The molecule has 0 aromatic carbocycles. The van der Waals surface area contributed by atoms with Gasteiger partial charge in [0, 0.05) is 31.2 Å². The number of aliphatic hydroxyl groups excluding tert-OH is 1. The maximum absolute atomic E-state index is 12.3. The van der Waals surface area contributed by atoms with E-state index in [1.807, 2.05) is 13.8 Å². The number of likely N-dealkylation sites (N-methyl/N-ethyl adjacent to an activating group) is 1. The average Bonchev–Trinajstić information content (AvgIpc) is 2.52. The first-order valence-corrected chi connectivity index (χ1v) is 8.45. The molecule has 21 heavy (non-hydrogen) atoms. The van der Waals surface area contributed by atoms with Gasteiger partial charge in [-0.1, -0.05) is 19.3 Å². The van der Waals surface area contributed by atoms with Crippen LogP contribution in [0.4, 0.5) is 4.79 Å². The highest BCUT2D eigenvalue weighted by Gasteiger charge is 2.56. The quantitative estimate of drug-likeness (QED) is 0.790. The number of carbonyl (C=O) groups is 1. The van der Waals surface area contributed by atoms with Gasteiger partial charge in [0.2, 0.25) is 0 Å². The van der Waals surface area contributed by atoms with E-state index in [0.717, 1.165) is 25.9 Å². The van der Waals surface area contributed by atoms with Gasteiger partial charge in [-0.3, -0.25) is 0 Å². The first-order valence-electron chi connectivity index (χ1n) is 8.45. The summed E-state index contributed by atoms with van der Waals surface area (Å²) in [6, 6.07) is 0.186. The SMILES string of the molecule is CCOC1CC(NC(=O)N(CC)CCO)C12CCCCC2. The summed E-state index contributed by atoms with van der Waals surface area (Å²) in [6.07, 6.45) is 7.34. The smallest absolute Gasteiger partial charge is 0.317 e. The minimum absolute atomic E-state index is 0.0125. The topological polar surface area (TPSA) is 61.8 Å². The molecular formula is C16H30N2O3. The van der Waals surface area contributed by atoms with Crippen molar-refractivity contribution >= 4 is 6.03 Å². The maximum Gasteiger partial charge on any atom is 0.317 e. The van der Waals surface area contributed by atoms with Crippen LogP contribution in [0.1, 0.15) is 52.4 Å². The third-order valence-corrected chi connectivity index (χ3v) is 5.27. The average molecular weight is 298 g/mol. The van der Waals surface area contributed by atoms with Crippen molar-refractivity contribution in [3.05, 3.63) is 0 Å². The largest absolute Gasteiger partial charge is 0.395 e. The van der Waals surface area contributed by atoms with Crippen molar-refractivity contribution in [2.75, 3.05) is 26.3 Å². The Morgan fingerprint density at radius 1 is 1.33 bits per heavy atom. The first kappa shape index (κ1) is 16.6. The van der Waals surface area contributed by atoms with Crippen LogP contribution in [0.2, 0.25) is 0 Å². The van der Waals surface area contributed by atoms with Gasteiger partial charge in [-0.15, -0.1) is 0 Å². The van der Waals surface area contributed by atoms with Crippen LogP contribution in [-0.2, 0) is 4.74 Å². The summed E-state index contributed by atoms with van der Waals surface area (Å²) < 4.78 is 5.91. The van der Waals surface area contributed by atoms with Crippen molar-refractivity contribution in [1.82, 2.24) is 10.2 Å². The summed E-state index contributed by atoms with van der Waals surface area (Å²) in [5.41, 5.74) is 0.155. The molecule has 122 valence electrons. The van der Waals surface area contributed by atoms with Crippen molar-refractivity contribution in [1.29, 1.82) is 0 Å². The number of hydrogen-bond donors (Lipinski definition) is 2. The molecule has 5 nitrogen and oxygen atoms in total. The van der Waals surface area contributed by atoms with Gasteiger partial charge in [-0.2, -0.15) is 0 Å². The Bertz CT molecular complexity index is 342. The fourth-order valence-electron chi connectivity index (χ4n) is 4.03. The molecule has 0 bridgehead atoms.